The molecule has 8 nitrogen and oxygen atoms in total. The van der Waals surface area contributed by atoms with Crippen molar-refractivity contribution >= 4 is 75.0 Å². The Morgan fingerprint density at radius 3 is 2.41 bits per heavy atom. The molecule has 0 aliphatic carbocycles. The van der Waals surface area contributed by atoms with Crippen molar-refractivity contribution in [2.24, 2.45) is 0 Å². The molecule has 1 unspecified atom stereocenters. The molecule has 5 amide bonds. The number of thioether (sulfide) groups is 2. The summed E-state index contributed by atoms with van der Waals surface area (Å²) in [6, 6.07) is 8.55. The number of carbonyl (C=O) groups is 5. The molecule has 3 saturated heterocycles. The summed E-state index contributed by atoms with van der Waals surface area (Å²) in [5.41, 5.74) is 0.972. The van der Waals surface area contributed by atoms with E-state index in [0.717, 1.165) is 38.9 Å². The molecule has 32 heavy (non-hydrogen) atoms. The second-order valence-electron chi connectivity index (χ2n) is 7.05. The van der Waals surface area contributed by atoms with Crippen LogP contribution in [-0.4, -0.2) is 72.8 Å². The lowest BCUT2D eigenvalue weighted by Gasteiger charge is -2.22. The van der Waals surface area contributed by atoms with E-state index in [2.05, 4.69) is 0 Å². The fourth-order valence-corrected chi connectivity index (χ4v) is 5.53. The fraction of sp³-hybridized carbons (Fsp3) is 0.238. The number of benzene rings is 1. The third-order valence-electron chi connectivity index (χ3n) is 5.08. The van der Waals surface area contributed by atoms with E-state index in [0.29, 0.717) is 4.91 Å². The molecule has 3 aliphatic rings. The zero-order chi connectivity index (χ0) is 22.8. The smallest absolute Gasteiger partial charge is 0.280 e. The highest BCUT2D eigenvalue weighted by molar-refractivity contribution is 8.26. The van der Waals surface area contributed by atoms with Crippen LogP contribution in [0.5, 0.6) is 0 Å². The normalized spacial score (nSPS) is 23.2. The first-order valence-corrected chi connectivity index (χ1v) is 11.9. The molecular weight excluding hydrogens is 470 g/mol. The first-order valence-electron chi connectivity index (χ1n) is 9.67. The Morgan fingerprint density at radius 1 is 1.00 bits per heavy atom. The van der Waals surface area contributed by atoms with E-state index in [4.69, 9.17) is 12.2 Å². The summed E-state index contributed by atoms with van der Waals surface area (Å²) in [7, 11) is 0. The van der Waals surface area contributed by atoms with Crippen LogP contribution in [0, 0.1) is 0 Å². The number of rotatable bonds is 6. The Kier molecular flexibility index (Phi) is 6.58. The third kappa shape index (κ3) is 4.41. The van der Waals surface area contributed by atoms with Crippen molar-refractivity contribution in [2.45, 2.75) is 12.5 Å². The summed E-state index contributed by atoms with van der Waals surface area (Å²) in [6.45, 7) is -0.159. The molecule has 0 N–H and O–H groups in total. The van der Waals surface area contributed by atoms with Crippen LogP contribution >= 0.6 is 35.7 Å². The standard InChI is InChI=1S/C21H17N3O5S3/c25-16-11-14(18(27)22(16)9-10-23-17(26)12-31-20(23)29)24-19(28)15(32-21(24)30)8-4-7-13-5-2-1-3-6-13/h1-8,14H,9-12H2. The number of thiocarbonyl (C=S) groups is 1. The van der Waals surface area contributed by atoms with Gasteiger partial charge in [0, 0.05) is 13.1 Å². The Balaban J connectivity index is 1.43. The zero-order valence-corrected chi connectivity index (χ0v) is 19.1. The van der Waals surface area contributed by atoms with Crippen molar-refractivity contribution in [3.05, 3.63) is 53.0 Å². The Labute approximate surface area is 197 Å². The lowest BCUT2D eigenvalue weighted by Crippen LogP contribution is -2.46. The maximum Gasteiger partial charge on any atom is 0.288 e. The van der Waals surface area contributed by atoms with Gasteiger partial charge in [-0.2, -0.15) is 0 Å². The Hall–Kier alpha value is -2.76. The van der Waals surface area contributed by atoms with E-state index >= 15 is 0 Å². The lowest BCUT2D eigenvalue weighted by molar-refractivity contribution is -0.141. The van der Waals surface area contributed by atoms with Crippen molar-refractivity contribution < 1.29 is 24.0 Å². The van der Waals surface area contributed by atoms with Crippen LogP contribution in [-0.2, 0) is 19.2 Å². The van der Waals surface area contributed by atoms with Gasteiger partial charge in [-0.25, -0.2) is 0 Å². The monoisotopic (exact) mass is 487 g/mol. The molecule has 1 atom stereocenters. The van der Waals surface area contributed by atoms with Crippen molar-refractivity contribution in [2.75, 3.05) is 18.8 Å². The number of imide groups is 2. The highest BCUT2D eigenvalue weighted by Crippen LogP contribution is 2.35. The lowest BCUT2D eigenvalue weighted by atomic mass is 10.2. The number of hydrogen-bond donors (Lipinski definition) is 0. The first-order chi connectivity index (χ1) is 15.4. The molecule has 164 valence electrons. The SMILES string of the molecule is O=C1CSC(=O)N1CCN1C(=O)CC(N2C(=O)C(=CC=Cc3ccccc3)SC2=S)C1=O. The van der Waals surface area contributed by atoms with Gasteiger partial charge < -0.3 is 0 Å². The van der Waals surface area contributed by atoms with Gasteiger partial charge in [-0.05, 0) is 11.6 Å². The number of amides is 5. The summed E-state index contributed by atoms with van der Waals surface area (Å²) in [6.07, 6.45) is 5.03. The largest absolute Gasteiger partial charge is 0.288 e. The van der Waals surface area contributed by atoms with Crippen LogP contribution in [0.2, 0.25) is 0 Å². The summed E-state index contributed by atoms with van der Waals surface area (Å²) in [5, 5.41) is -0.392. The van der Waals surface area contributed by atoms with Crippen LogP contribution in [0.1, 0.15) is 12.0 Å². The van der Waals surface area contributed by atoms with Crippen molar-refractivity contribution in [3.63, 3.8) is 0 Å². The molecule has 1 aromatic carbocycles. The zero-order valence-electron chi connectivity index (χ0n) is 16.6. The van der Waals surface area contributed by atoms with Gasteiger partial charge in [-0.3, -0.25) is 38.7 Å². The van der Waals surface area contributed by atoms with Gasteiger partial charge >= 0.3 is 0 Å². The summed E-state index contributed by atoms with van der Waals surface area (Å²) in [4.78, 5) is 65.2. The second-order valence-corrected chi connectivity index (χ2v) is 9.65. The molecule has 3 heterocycles. The molecule has 1 aromatic rings. The molecule has 0 aromatic heterocycles. The first kappa shape index (κ1) is 22.4. The molecule has 0 saturated carbocycles. The molecule has 0 spiro atoms. The number of nitrogens with zero attached hydrogens (tertiary/aromatic N) is 3. The molecule has 11 heteroatoms. The Bertz CT molecular complexity index is 1070. The van der Waals surface area contributed by atoms with Crippen molar-refractivity contribution in [3.8, 4) is 0 Å². The maximum atomic E-state index is 12.9. The number of carbonyl (C=O) groups excluding carboxylic acids is 5. The van der Waals surface area contributed by atoms with Crippen molar-refractivity contribution in [1.82, 2.24) is 14.7 Å². The van der Waals surface area contributed by atoms with Gasteiger partial charge in [0.1, 0.15) is 10.4 Å². The van der Waals surface area contributed by atoms with Crippen LogP contribution in [0.25, 0.3) is 6.08 Å². The van der Waals surface area contributed by atoms with E-state index in [1.54, 1.807) is 12.2 Å². The third-order valence-corrected chi connectivity index (χ3v) is 7.29. The summed E-state index contributed by atoms with van der Waals surface area (Å²) >= 11 is 7.28. The summed E-state index contributed by atoms with van der Waals surface area (Å²) < 4.78 is 0.212. The van der Waals surface area contributed by atoms with E-state index in [-0.39, 0.29) is 35.5 Å². The second kappa shape index (κ2) is 9.39. The number of hydrogen-bond acceptors (Lipinski definition) is 8. The van der Waals surface area contributed by atoms with Crippen LogP contribution < -0.4 is 0 Å². The molecule has 3 fully saturated rings. The molecule has 0 radical (unpaired) electrons. The topological polar surface area (TPSA) is 95.1 Å². The van der Waals surface area contributed by atoms with Crippen LogP contribution in [0.3, 0.4) is 0 Å². The maximum absolute atomic E-state index is 12.9. The molecular formula is C21H17N3O5S3. The highest BCUT2D eigenvalue weighted by atomic mass is 32.2. The minimum Gasteiger partial charge on any atom is -0.280 e. The van der Waals surface area contributed by atoms with Gasteiger partial charge in [0.05, 0.1) is 17.1 Å². The van der Waals surface area contributed by atoms with E-state index in [9.17, 15) is 24.0 Å². The molecule has 3 aliphatic heterocycles. The minimum atomic E-state index is -1.02. The minimum absolute atomic E-state index is 0.0581. The molecule has 4 rings (SSSR count). The van der Waals surface area contributed by atoms with Gasteiger partial charge in [0.15, 0.2) is 0 Å². The highest BCUT2D eigenvalue weighted by Gasteiger charge is 2.48. The van der Waals surface area contributed by atoms with E-state index in [1.807, 2.05) is 36.4 Å². The van der Waals surface area contributed by atoms with Gasteiger partial charge in [0.2, 0.25) is 11.8 Å². The molecule has 0 bridgehead atoms. The van der Waals surface area contributed by atoms with Gasteiger partial charge in [-0.1, -0.05) is 78.2 Å². The predicted molar refractivity (Wildman–Crippen MR) is 125 cm³/mol. The van der Waals surface area contributed by atoms with Crippen LogP contribution in [0.15, 0.2) is 47.4 Å². The summed E-state index contributed by atoms with van der Waals surface area (Å²) in [5.74, 6) is -1.73. The number of allylic oxidation sites excluding steroid dienone is 2. The number of likely N-dealkylation sites (tertiary alicyclic amines) is 1. The van der Waals surface area contributed by atoms with E-state index < -0.39 is 29.0 Å². The van der Waals surface area contributed by atoms with E-state index in [1.165, 1.54) is 4.90 Å². The van der Waals surface area contributed by atoms with Gasteiger partial charge in [0.25, 0.3) is 17.1 Å². The Morgan fingerprint density at radius 2 is 1.72 bits per heavy atom. The predicted octanol–water partition coefficient (Wildman–Crippen LogP) is 2.27. The average Bonchev–Trinajstić information content (AvgIpc) is 3.34. The quantitative estimate of drug-likeness (QED) is 0.343. The van der Waals surface area contributed by atoms with Crippen LogP contribution in [0.4, 0.5) is 4.79 Å². The van der Waals surface area contributed by atoms with Gasteiger partial charge in [-0.15, -0.1) is 0 Å². The fourth-order valence-electron chi connectivity index (χ4n) is 3.47. The van der Waals surface area contributed by atoms with Crippen molar-refractivity contribution in [1.29, 1.82) is 0 Å². The average molecular weight is 488 g/mol.